The van der Waals surface area contributed by atoms with E-state index < -0.39 is 0 Å². The zero-order valence-electron chi connectivity index (χ0n) is 9.31. The maximum atomic E-state index is 11.6. The minimum atomic E-state index is 0.0927. The third-order valence-electron chi connectivity index (χ3n) is 2.37. The van der Waals surface area contributed by atoms with Crippen molar-refractivity contribution in [2.24, 2.45) is 7.05 Å². The van der Waals surface area contributed by atoms with Crippen LogP contribution in [0.4, 0.5) is 0 Å². The van der Waals surface area contributed by atoms with Crippen molar-refractivity contribution in [2.45, 2.75) is 33.1 Å². The van der Waals surface area contributed by atoms with Gasteiger partial charge in [0.25, 0.3) is 5.56 Å². The van der Waals surface area contributed by atoms with Gasteiger partial charge in [-0.25, -0.2) is 0 Å². The Labute approximate surface area is 98.5 Å². The maximum absolute atomic E-state index is 11.6. The van der Waals surface area contributed by atoms with Crippen molar-refractivity contribution in [2.75, 3.05) is 0 Å². The molecule has 0 aliphatic carbocycles. The Morgan fingerprint density at radius 2 is 1.86 bits per heavy atom. The van der Waals surface area contributed by atoms with Crippen molar-refractivity contribution in [3.63, 3.8) is 0 Å². The first-order valence-corrected chi connectivity index (χ1v) is 5.69. The van der Waals surface area contributed by atoms with Crippen LogP contribution in [0.15, 0.2) is 11.0 Å². The van der Waals surface area contributed by atoms with Crippen LogP contribution in [-0.4, -0.2) is 4.57 Å². The van der Waals surface area contributed by atoms with E-state index in [1.165, 1.54) is 5.56 Å². The van der Waals surface area contributed by atoms with Gasteiger partial charge in [-0.1, -0.05) is 20.8 Å². The summed E-state index contributed by atoms with van der Waals surface area (Å²) in [6.07, 6.45) is 1.94. The quantitative estimate of drug-likeness (QED) is 0.675. The number of halogens is 1. The van der Waals surface area contributed by atoms with E-state index in [-0.39, 0.29) is 11.0 Å². The third-order valence-corrected chi connectivity index (χ3v) is 3.64. The summed E-state index contributed by atoms with van der Waals surface area (Å²) in [5, 5.41) is 0. The molecular weight excluding hydrogens is 289 g/mol. The van der Waals surface area contributed by atoms with Gasteiger partial charge < -0.3 is 4.57 Å². The first-order valence-electron chi connectivity index (χ1n) is 4.61. The number of aryl methyl sites for hydroxylation is 1. The Bertz CT molecular complexity index is 413. The number of hydrogen-bond donors (Lipinski definition) is 0. The normalized spacial score (nSPS) is 11.9. The molecule has 1 rings (SSSR count). The molecule has 0 aromatic carbocycles. The highest BCUT2D eigenvalue weighted by molar-refractivity contribution is 14.1. The van der Waals surface area contributed by atoms with Gasteiger partial charge in [-0.05, 0) is 46.1 Å². The van der Waals surface area contributed by atoms with E-state index in [9.17, 15) is 4.79 Å². The molecule has 0 N–H and O–H groups in total. The fourth-order valence-corrected chi connectivity index (χ4v) is 2.21. The van der Waals surface area contributed by atoms with Crippen LogP contribution in [-0.2, 0) is 12.5 Å². The zero-order chi connectivity index (χ0) is 11.1. The minimum Gasteiger partial charge on any atom is -0.317 e. The molecule has 1 heterocycles. The van der Waals surface area contributed by atoms with E-state index >= 15 is 0 Å². The standard InChI is InChI=1S/C11H16INO/c1-7-8(11(2,3)4)6-13(5)10(14)9(7)12/h6H,1-5H3. The maximum Gasteiger partial charge on any atom is 0.263 e. The van der Waals surface area contributed by atoms with Crippen LogP contribution in [0.3, 0.4) is 0 Å². The van der Waals surface area contributed by atoms with E-state index in [1.807, 2.05) is 13.1 Å². The second-order valence-corrected chi connectivity index (χ2v) is 5.73. The molecule has 14 heavy (non-hydrogen) atoms. The highest BCUT2D eigenvalue weighted by Crippen LogP contribution is 2.26. The first kappa shape index (κ1) is 11.8. The van der Waals surface area contributed by atoms with Crippen LogP contribution in [0.5, 0.6) is 0 Å². The van der Waals surface area contributed by atoms with Crippen LogP contribution < -0.4 is 5.56 Å². The molecule has 0 atom stereocenters. The van der Waals surface area contributed by atoms with Gasteiger partial charge in [0.2, 0.25) is 0 Å². The Kier molecular flexibility index (Phi) is 3.09. The zero-order valence-corrected chi connectivity index (χ0v) is 11.5. The number of pyridine rings is 1. The molecule has 0 bridgehead atoms. The second kappa shape index (κ2) is 3.68. The van der Waals surface area contributed by atoms with Gasteiger partial charge in [-0.2, -0.15) is 0 Å². The van der Waals surface area contributed by atoms with Crippen molar-refractivity contribution in [1.82, 2.24) is 4.57 Å². The molecule has 0 saturated heterocycles. The van der Waals surface area contributed by atoms with Crippen LogP contribution in [0, 0.1) is 10.5 Å². The summed E-state index contributed by atoms with van der Waals surface area (Å²) in [7, 11) is 1.80. The van der Waals surface area contributed by atoms with Crippen molar-refractivity contribution in [3.05, 3.63) is 31.2 Å². The molecule has 78 valence electrons. The Morgan fingerprint density at radius 3 is 2.29 bits per heavy atom. The summed E-state index contributed by atoms with van der Waals surface area (Å²) < 4.78 is 2.49. The molecule has 0 unspecified atom stereocenters. The molecule has 3 heteroatoms. The Morgan fingerprint density at radius 1 is 1.36 bits per heavy atom. The minimum absolute atomic E-state index is 0.0927. The molecule has 1 aromatic heterocycles. The molecule has 0 aliphatic heterocycles. The lowest BCUT2D eigenvalue weighted by Crippen LogP contribution is -2.25. The van der Waals surface area contributed by atoms with Crippen molar-refractivity contribution < 1.29 is 0 Å². The van der Waals surface area contributed by atoms with Gasteiger partial charge in [0.15, 0.2) is 0 Å². The van der Waals surface area contributed by atoms with E-state index in [0.717, 1.165) is 9.13 Å². The smallest absolute Gasteiger partial charge is 0.263 e. The monoisotopic (exact) mass is 305 g/mol. The fourth-order valence-electron chi connectivity index (χ4n) is 1.54. The summed E-state index contributed by atoms with van der Waals surface area (Å²) in [6, 6.07) is 0. The first-order chi connectivity index (χ1) is 6.25. The van der Waals surface area contributed by atoms with Crippen molar-refractivity contribution >= 4 is 22.6 Å². The van der Waals surface area contributed by atoms with E-state index in [2.05, 4.69) is 43.4 Å². The second-order valence-electron chi connectivity index (χ2n) is 4.65. The number of rotatable bonds is 0. The van der Waals surface area contributed by atoms with Crippen LogP contribution in [0.25, 0.3) is 0 Å². The van der Waals surface area contributed by atoms with Crippen LogP contribution in [0.1, 0.15) is 31.9 Å². The van der Waals surface area contributed by atoms with Gasteiger partial charge >= 0.3 is 0 Å². The molecule has 0 aliphatic rings. The molecular formula is C11H16INO. The largest absolute Gasteiger partial charge is 0.317 e. The molecule has 0 fully saturated rings. The number of nitrogens with zero attached hydrogens (tertiary/aromatic N) is 1. The molecule has 0 saturated carbocycles. The third kappa shape index (κ3) is 2.02. The summed E-state index contributed by atoms with van der Waals surface area (Å²) >= 11 is 2.13. The molecule has 1 aromatic rings. The van der Waals surface area contributed by atoms with E-state index in [0.29, 0.717) is 0 Å². The van der Waals surface area contributed by atoms with E-state index in [4.69, 9.17) is 0 Å². The average Bonchev–Trinajstić information content (AvgIpc) is 2.06. The molecule has 0 spiro atoms. The topological polar surface area (TPSA) is 22.0 Å². The highest BCUT2D eigenvalue weighted by Gasteiger charge is 2.19. The van der Waals surface area contributed by atoms with Crippen LogP contribution in [0.2, 0.25) is 0 Å². The molecule has 0 radical (unpaired) electrons. The Hall–Kier alpha value is -0.320. The van der Waals surface area contributed by atoms with Crippen LogP contribution >= 0.6 is 22.6 Å². The lowest BCUT2D eigenvalue weighted by Gasteiger charge is -2.22. The fraction of sp³-hybridized carbons (Fsp3) is 0.545. The lowest BCUT2D eigenvalue weighted by atomic mass is 9.85. The van der Waals surface area contributed by atoms with Crippen molar-refractivity contribution in [3.8, 4) is 0 Å². The van der Waals surface area contributed by atoms with Gasteiger partial charge in [-0.15, -0.1) is 0 Å². The van der Waals surface area contributed by atoms with E-state index in [1.54, 1.807) is 11.6 Å². The predicted octanol–water partition coefficient (Wildman–Crippen LogP) is 2.60. The average molecular weight is 305 g/mol. The number of aromatic nitrogens is 1. The lowest BCUT2D eigenvalue weighted by molar-refractivity contribution is 0.574. The Balaban J connectivity index is 3.57. The van der Waals surface area contributed by atoms with Crippen molar-refractivity contribution in [1.29, 1.82) is 0 Å². The molecule has 2 nitrogen and oxygen atoms in total. The SMILES string of the molecule is Cc1c(C(C)(C)C)cn(C)c(=O)c1I. The summed E-state index contributed by atoms with van der Waals surface area (Å²) in [6.45, 7) is 8.51. The summed E-state index contributed by atoms with van der Waals surface area (Å²) in [5.41, 5.74) is 2.54. The predicted molar refractivity (Wildman–Crippen MR) is 67.8 cm³/mol. The molecule has 0 amide bonds. The van der Waals surface area contributed by atoms with Gasteiger partial charge in [0, 0.05) is 13.2 Å². The summed E-state index contributed by atoms with van der Waals surface area (Å²) in [5.74, 6) is 0. The summed E-state index contributed by atoms with van der Waals surface area (Å²) in [4.78, 5) is 11.6. The van der Waals surface area contributed by atoms with Gasteiger partial charge in [0.1, 0.15) is 0 Å². The van der Waals surface area contributed by atoms with Gasteiger partial charge in [-0.3, -0.25) is 4.79 Å². The van der Waals surface area contributed by atoms with Gasteiger partial charge in [0.05, 0.1) is 3.57 Å². The highest BCUT2D eigenvalue weighted by atomic mass is 127. The number of hydrogen-bond acceptors (Lipinski definition) is 1.